The summed E-state index contributed by atoms with van der Waals surface area (Å²) in [6.07, 6.45) is -2.63. The number of nitrogens with one attached hydrogen (secondary N) is 1. The molecule has 1 atom stereocenters. The molecule has 1 aromatic rings. The van der Waals surface area contributed by atoms with Crippen LogP contribution in [0.4, 0.5) is 19.0 Å². The Bertz CT molecular complexity index is 394. The average molecular weight is 373 g/mol. The molecule has 0 aliphatic carbocycles. The van der Waals surface area contributed by atoms with Gasteiger partial charge in [-0.25, -0.2) is 0 Å². The van der Waals surface area contributed by atoms with Gasteiger partial charge < -0.3 is 5.32 Å². The molecule has 1 heterocycles. The Hall–Kier alpha value is -0.900. The van der Waals surface area contributed by atoms with Gasteiger partial charge in [-0.2, -0.15) is 0 Å². The fraction of sp³-hybridized carbons (Fsp3) is 0.400. The van der Waals surface area contributed by atoms with E-state index in [9.17, 15) is 13.2 Å². The summed E-state index contributed by atoms with van der Waals surface area (Å²) in [7, 11) is 0. The van der Waals surface area contributed by atoms with E-state index in [1.807, 2.05) is 22.6 Å². The van der Waals surface area contributed by atoms with Crippen molar-refractivity contribution < 1.29 is 17.9 Å². The highest BCUT2D eigenvalue weighted by molar-refractivity contribution is 14.1. The molecule has 1 unspecified atom stereocenters. The number of aromatic nitrogens is 2. The molecule has 1 aromatic heterocycles. The van der Waals surface area contributed by atoms with E-state index in [2.05, 4.69) is 20.3 Å². The quantitative estimate of drug-likeness (QED) is 0.489. The third kappa shape index (κ3) is 6.15. The first kappa shape index (κ1) is 15.2. The van der Waals surface area contributed by atoms with Crippen LogP contribution in [0.25, 0.3) is 0 Å². The molecule has 1 N–H and O–H groups in total. The lowest BCUT2D eigenvalue weighted by Crippen LogP contribution is -2.30. The maximum absolute atomic E-state index is 12.2. The van der Waals surface area contributed by atoms with E-state index in [1.54, 1.807) is 25.1 Å². The molecule has 100 valence electrons. The molecular weight excluding hydrogens is 362 g/mol. The van der Waals surface area contributed by atoms with Crippen LogP contribution < -0.4 is 5.32 Å². The number of hydrogen-bond acceptors (Lipinski definition) is 4. The number of halogens is 4. The van der Waals surface area contributed by atoms with Gasteiger partial charge in [-0.05, 0) is 41.6 Å². The van der Waals surface area contributed by atoms with Gasteiger partial charge in [-0.15, -0.1) is 23.4 Å². The van der Waals surface area contributed by atoms with Crippen molar-refractivity contribution in [3.05, 3.63) is 28.0 Å². The molecule has 0 aliphatic rings. The molecule has 4 nitrogen and oxygen atoms in total. The van der Waals surface area contributed by atoms with Gasteiger partial charge in [0.05, 0.1) is 0 Å². The zero-order valence-electron chi connectivity index (χ0n) is 9.41. The normalized spacial score (nSPS) is 13.8. The highest BCUT2D eigenvalue weighted by Crippen LogP contribution is 2.21. The fourth-order valence-corrected chi connectivity index (χ4v) is 1.40. The molecule has 0 aromatic carbocycles. The molecule has 0 fully saturated rings. The number of hydrogen-bond donors (Lipinski definition) is 1. The Morgan fingerprint density at radius 2 is 2.17 bits per heavy atom. The summed E-state index contributed by atoms with van der Waals surface area (Å²) in [6.45, 7) is 1.72. The SMILES string of the molecule is C/C=C\CC(Nc1ccc(I)nn1)OC(F)(F)F. The monoisotopic (exact) mass is 373 g/mol. The Balaban J connectivity index is 2.68. The van der Waals surface area contributed by atoms with Crippen LogP contribution in [0.15, 0.2) is 24.3 Å². The smallest absolute Gasteiger partial charge is 0.343 e. The zero-order valence-corrected chi connectivity index (χ0v) is 11.6. The van der Waals surface area contributed by atoms with Crippen LogP contribution in [0.1, 0.15) is 13.3 Å². The van der Waals surface area contributed by atoms with Crippen LogP contribution in [0, 0.1) is 3.70 Å². The Morgan fingerprint density at radius 1 is 1.44 bits per heavy atom. The van der Waals surface area contributed by atoms with Crippen molar-refractivity contribution in [1.82, 2.24) is 10.2 Å². The Kier molecular flexibility index (Phi) is 5.79. The number of ether oxygens (including phenoxy) is 1. The van der Waals surface area contributed by atoms with Crippen LogP contribution >= 0.6 is 22.6 Å². The van der Waals surface area contributed by atoms with Gasteiger partial charge in [0.1, 0.15) is 9.93 Å². The van der Waals surface area contributed by atoms with Gasteiger partial charge in [0.15, 0.2) is 5.82 Å². The predicted molar refractivity (Wildman–Crippen MR) is 68.7 cm³/mol. The fourth-order valence-electron chi connectivity index (χ4n) is 1.12. The van der Waals surface area contributed by atoms with E-state index in [4.69, 9.17) is 0 Å². The van der Waals surface area contributed by atoms with Crippen molar-refractivity contribution in [3.63, 3.8) is 0 Å². The summed E-state index contributed by atoms with van der Waals surface area (Å²) >= 11 is 1.95. The lowest BCUT2D eigenvalue weighted by molar-refractivity contribution is -0.338. The average Bonchev–Trinajstić information content (AvgIpc) is 2.27. The highest BCUT2D eigenvalue weighted by atomic mass is 127. The molecule has 0 radical (unpaired) electrons. The van der Waals surface area contributed by atoms with Crippen molar-refractivity contribution in [2.45, 2.75) is 25.9 Å². The number of allylic oxidation sites excluding steroid dienone is 1. The minimum atomic E-state index is -4.70. The predicted octanol–water partition coefficient (Wildman–Crippen LogP) is 3.32. The molecule has 1 rings (SSSR count). The summed E-state index contributed by atoms with van der Waals surface area (Å²) in [4.78, 5) is 0. The Labute approximate surface area is 116 Å². The first-order chi connectivity index (χ1) is 8.40. The van der Waals surface area contributed by atoms with E-state index < -0.39 is 12.6 Å². The van der Waals surface area contributed by atoms with Crippen LogP contribution in [-0.4, -0.2) is 22.8 Å². The summed E-state index contributed by atoms with van der Waals surface area (Å²) in [6, 6.07) is 3.17. The molecule has 8 heteroatoms. The van der Waals surface area contributed by atoms with Gasteiger partial charge in [-0.1, -0.05) is 12.2 Å². The van der Waals surface area contributed by atoms with Crippen molar-refractivity contribution in [2.24, 2.45) is 0 Å². The second-order valence-corrected chi connectivity index (χ2v) is 4.35. The maximum atomic E-state index is 12.2. The standard InChI is InChI=1S/C10H11F3IN3O/c1-2-3-4-9(18-10(11,12)13)15-8-6-5-7(14)16-17-8/h2-3,5-6,9H,4H2,1H3,(H,15,17)/b3-2-. The van der Waals surface area contributed by atoms with Gasteiger partial charge >= 0.3 is 6.36 Å². The van der Waals surface area contributed by atoms with Crippen LogP contribution in [-0.2, 0) is 4.74 Å². The van der Waals surface area contributed by atoms with Crippen molar-refractivity contribution in [3.8, 4) is 0 Å². The van der Waals surface area contributed by atoms with Crippen molar-refractivity contribution in [2.75, 3.05) is 5.32 Å². The van der Waals surface area contributed by atoms with Crippen LogP contribution in [0.3, 0.4) is 0 Å². The number of anilines is 1. The summed E-state index contributed by atoms with van der Waals surface area (Å²) in [5.74, 6) is 0.231. The van der Waals surface area contributed by atoms with E-state index in [0.717, 1.165) is 0 Å². The first-order valence-corrected chi connectivity index (χ1v) is 6.10. The van der Waals surface area contributed by atoms with E-state index in [0.29, 0.717) is 3.70 Å². The minimum Gasteiger partial charge on any atom is -0.343 e. The van der Waals surface area contributed by atoms with Crippen LogP contribution in [0.2, 0.25) is 0 Å². The zero-order chi connectivity index (χ0) is 13.6. The second-order valence-electron chi connectivity index (χ2n) is 3.24. The molecule has 0 spiro atoms. The number of nitrogens with zero attached hydrogens (tertiary/aromatic N) is 2. The number of alkyl halides is 3. The molecule has 0 aliphatic heterocycles. The molecule has 0 amide bonds. The maximum Gasteiger partial charge on any atom is 0.524 e. The molecule has 18 heavy (non-hydrogen) atoms. The highest BCUT2D eigenvalue weighted by Gasteiger charge is 2.33. The lowest BCUT2D eigenvalue weighted by Gasteiger charge is -2.19. The summed E-state index contributed by atoms with van der Waals surface area (Å²) in [5, 5.41) is 9.97. The molecule has 0 bridgehead atoms. The van der Waals surface area contributed by atoms with Gasteiger partial charge in [0.25, 0.3) is 0 Å². The van der Waals surface area contributed by atoms with Gasteiger partial charge in [0.2, 0.25) is 0 Å². The number of rotatable bonds is 5. The molecule has 0 saturated heterocycles. The van der Waals surface area contributed by atoms with E-state index in [-0.39, 0.29) is 12.2 Å². The van der Waals surface area contributed by atoms with Crippen LogP contribution in [0.5, 0.6) is 0 Å². The van der Waals surface area contributed by atoms with Crippen molar-refractivity contribution >= 4 is 28.4 Å². The Morgan fingerprint density at radius 3 is 2.67 bits per heavy atom. The lowest BCUT2D eigenvalue weighted by atomic mass is 10.3. The third-order valence-corrected chi connectivity index (χ3v) is 2.38. The third-order valence-electron chi connectivity index (χ3n) is 1.80. The topological polar surface area (TPSA) is 47.0 Å². The van der Waals surface area contributed by atoms with Crippen molar-refractivity contribution in [1.29, 1.82) is 0 Å². The van der Waals surface area contributed by atoms with E-state index in [1.165, 1.54) is 6.07 Å². The van der Waals surface area contributed by atoms with Gasteiger partial charge in [0, 0.05) is 6.42 Å². The first-order valence-electron chi connectivity index (χ1n) is 5.02. The second kappa shape index (κ2) is 6.88. The minimum absolute atomic E-state index is 0.0731. The van der Waals surface area contributed by atoms with Gasteiger partial charge in [-0.3, -0.25) is 4.74 Å². The molecular formula is C10H11F3IN3O. The largest absolute Gasteiger partial charge is 0.524 e. The van der Waals surface area contributed by atoms with E-state index >= 15 is 0 Å². The summed E-state index contributed by atoms with van der Waals surface area (Å²) < 4.78 is 41.1. The summed E-state index contributed by atoms with van der Waals surface area (Å²) in [5.41, 5.74) is 0. The molecule has 0 saturated carbocycles.